The molecule has 2 amide bonds. The van der Waals surface area contributed by atoms with Crippen LogP contribution < -0.4 is 10.5 Å². The molecule has 2 aromatic carbocycles. The van der Waals surface area contributed by atoms with Crippen LogP contribution >= 0.6 is 11.6 Å². The summed E-state index contributed by atoms with van der Waals surface area (Å²) in [6.07, 6.45) is 1.47. The average molecular weight is 567 g/mol. The Labute approximate surface area is 241 Å². The molecule has 2 N–H and O–H groups in total. The number of nitrogens with zero attached hydrogens (tertiary/aromatic N) is 3. The van der Waals surface area contributed by atoms with E-state index in [1.807, 2.05) is 49.9 Å². The number of fused-ring (bicyclic) bond motifs is 1. The molecule has 0 bridgehead atoms. The summed E-state index contributed by atoms with van der Waals surface area (Å²) in [5.41, 5.74) is 9.47. The number of esters is 1. The molecule has 40 heavy (non-hydrogen) atoms. The number of rotatable bonds is 7. The highest BCUT2D eigenvalue weighted by Crippen LogP contribution is 2.35. The zero-order valence-corrected chi connectivity index (χ0v) is 24.3. The predicted molar refractivity (Wildman–Crippen MR) is 154 cm³/mol. The van der Waals surface area contributed by atoms with E-state index in [1.54, 1.807) is 12.1 Å². The van der Waals surface area contributed by atoms with Gasteiger partial charge in [-0.25, -0.2) is 0 Å². The van der Waals surface area contributed by atoms with E-state index >= 15 is 0 Å². The van der Waals surface area contributed by atoms with Gasteiger partial charge in [-0.2, -0.15) is 0 Å². The van der Waals surface area contributed by atoms with Gasteiger partial charge in [-0.05, 0) is 74.3 Å². The molecular formula is C31H39ClN4O4. The predicted octanol–water partition coefficient (Wildman–Crippen LogP) is 3.79. The molecule has 3 heterocycles. The molecule has 3 fully saturated rings. The number of nitrogens with two attached hydrogens (primary N) is 1. The van der Waals surface area contributed by atoms with E-state index in [1.165, 1.54) is 0 Å². The summed E-state index contributed by atoms with van der Waals surface area (Å²) in [4.78, 5) is 44.9. The highest BCUT2D eigenvalue weighted by molar-refractivity contribution is 6.31. The molecule has 9 heteroatoms. The van der Waals surface area contributed by atoms with Gasteiger partial charge in [0.15, 0.2) is 0 Å². The first-order valence-corrected chi connectivity index (χ1v) is 14.6. The van der Waals surface area contributed by atoms with E-state index in [4.69, 9.17) is 22.1 Å². The maximum absolute atomic E-state index is 13.4. The van der Waals surface area contributed by atoms with Crippen LogP contribution in [0.25, 0.3) is 0 Å². The minimum atomic E-state index is -0.327. The minimum absolute atomic E-state index is 0.0984. The van der Waals surface area contributed by atoms with E-state index in [0.717, 1.165) is 48.4 Å². The summed E-state index contributed by atoms with van der Waals surface area (Å²) < 4.78 is 5.62. The van der Waals surface area contributed by atoms with E-state index in [-0.39, 0.29) is 36.3 Å². The van der Waals surface area contributed by atoms with Crippen LogP contribution in [0.2, 0.25) is 5.02 Å². The first kappa shape index (κ1) is 28.6. The van der Waals surface area contributed by atoms with Crippen LogP contribution in [0.3, 0.4) is 0 Å². The molecule has 0 saturated carbocycles. The molecule has 2 aromatic rings. The van der Waals surface area contributed by atoms with Gasteiger partial charge in [0.25, 0.3) is 5.91 Å². The number of likely N-dealkylation sites (tertiary alicyclic amines) is 3. The summed E-state index contributed by atoms with van der Waals surface area (Å²) in [6.45, 7) is 10.4. The Balaban J connectivity index is 1.17. The van der Waals surface area contributed by atoms with E-state index < -0.39 is 0 Å². The van der Waals surface area contributed by atoms with Crippen LogP contribution in [-0.4, -0.2) is 77.9 Å². The lowest BCUT2D eigenvalue weighted by Crippen LogP contribution is -2.53. The van der Waals surface area contributed by atoms with Crippen molar-refractivity contribution in [1.82, 2.24) is 14.7 Å². The largest absolute Gasteiger partial charge is 0.426 e. The van der Waals surface area contributed by atoms with Crippen molar-refractivity contribution in [1.29, 1.82) is 0 Å². The highest BCUT2D eigenvalue weighted by Gasteiger charge is 2.45. The number of ether oxygens (including phenoxy) is 1. The Morgan fingerprint density at radius 3 is 2.12 bits per heavy atom. The molecule has 3 aliphatic rings. The number of hydrogen-bond acceptors (Lipinski definition) is 6. The lowest BCUT2D eigenvalue weighted by atomic mass is 9.96. The van der Waals surface area contributed by atoms with Gasteiger partial charge >= 0.3 is 5.97 Å². The number of hydrogen-bond donors (Lipinski definition) is 1. The fraction of sp³-hybridized carbons (Fsp3) is 0.516. The van der Waals surface area contributed by atoms with E-state index in [0.29, 0.717) is 48.5 Å². The zero-order valence-electron chi connectivity index (χ0n) is 23.6. The number of carbonyl (C=O) groups is 3. The highest BCUT2D eigenvalue weighted by atomic mass is 35.5. The first-order chi connectivity index (χ1) is 19.1. The number of carbonyl (C=O) groups excluding carboxylic acids is 3. The summed E-state index contributed by atoms with van der Waals surface area (Å²) in [6, 6.07) is 11.3. The van der Waals surface area contributed by atoms with Gasteiger partial charge in [0.05, 0.1) is 18.5 Å². The molecule has 0 spiro atoms. The van der Waals surface area contributed by atoms with Crippen molar-refractivity contribution < 1.29 is 19.1 Å². The molecule has 0 aliphatic carbocycles. The third-order valence-corrected chi connectivity index (χ3v) is 9.36. The molecule has 3 atom stereocenters. The van der Waals surface area contributed by atoms with Crippen molar-refractivity contribution in [2.45, 2.75) is 46.2 Å². The monoisotopic (exact) mass is 566 g/mol. The third-order valence-electron chi connectivity index (χ3n) is 8.95. The molecule has 0 aromatic heterocycles. The normalized spacial score (nSPS) is 22.8. The third kappa shape index (κ3) is 6.04. The SMILES string of the molecule is Cc1ccc(OC(=O)C2CCN(C(CC(N)=O)N3CC4CN(C(=O)c5c(C)cccc5C)CC4C3)CC2)cc1Cl. The maximum Gasteiger partial charge on any atom is 0.314 e. The lowest BCUT2D eigenvalue weighted by Gasteiger charge is -2.41. The topological polar surface area (TPSA) is 96.2 Å². The summed E-state index contributed by atoms with van der Waals surface area (Å²) in [5, 5.41) is 0.572. The second kappa shape index (κ2) is 11.9. The fourth-order valence-corrected chi connectivity index (χ4v) is 6.86. The van der Waals surface area contributed by atoms with Crippen LogP contribution in [0.4, 0.5) is 0 Å². The minimum Gasteiger partial charge on any atom is -0.426 e. The maximum atomic E-state index is 13.4. The van der Waals surface area contributed by atoms with Gasteiger partial charge in [0.1, 0.15) is 5.75 Å². The fourth-order valence-electron chi connectivity index (χ4n) is 6.69. The molecule has 3 unspecified atom stereocenters. The Bertz CT molecular complexity index is 1260. The van der Waals surface area contributed by atoms with Gasteiger partial charge < -0.3 is 15.4 Å². The number of aryl methyl sites for hydroxylation is 3. The number of halogens is 1. The van der Waals surface area contributed by atoms with Crippen molar-refractivity contribution in [3.05, 3.63) is 63.7 Å². The summed E-state index contributed by atoms with van der Waals surface area (Å²) >= 11 is 6.18. The molecule has 5 rings (SSSR count). The number of benzene rings is 2. The van der Waals surface area contributed by atoms with Crippen molar-refractivity contribution >= 4 is 29.4 Å². The molecule has 3 aliphatic heterocycles. The Kier molecular flexibility index (Phi) is 8.50. The second-order valence-corrected chi connectivity index (χ2v) is 12.2. The molecule has 0 radical (unpaired) electrons. The number of primary amides is 1. The number of piperidine rings is 1. The van der Waals surface area contributed by atoms with Gasteiger partial charge in [-0.15, -0.1) is 0 Å². The number of amides is 2. The molecule has 3 saturated heterocycles. The smallest absolute Gasteiger partial charge is 0.314 e. The van der Waals surface area contributed by atoms with Crippen LogP contribution in [0.1, 0.15) is 46.3 Å². The van der Waals surface area contributed by atoms with Crippen LogP contribution in [0.5, 0.6) is 5.75 Å². The average Bonchev–Trinajstić information content (AvgIpc) is 3.49. The van der Waals surface area contributed by atoms with Crippen LogP contribution in [0, 0.1) is 38.5 Å². The lowest BCUT2D eigenvalue weighted by molar-refractivity contribution is -0.141. The summed E-state index contributed by atoms with van der Waals surface area (Å²) in [7, 11) is 0. The first-order valence-electron chi connectivity index (χ1n) is 14.2. The van der Waals surface area contributed by atoms with E-state index in [9.17, 15) is 14.4 Å². The Morgan fingerprint density at radius 2 is 1.55 bits per heavy atom. The standard InChI is InChI=1S/C31H39ClN4O4/c1-19-7-8-25(13-26(19)32)40-31(39)22-9-11-34(12-10-22)28(14-27(33)37)35-15-23-17-36(18-24(23)16-35)30(38)29-20(2)5-4-6-21(29)3/h4-8,13,22-24,28H,9-12,14-18H2,1-3H3,(H2,33,37). The van der Waals surface area contributed by atoms with Crippen molar-refractivity contribution in [3.8, 4) is 5.75 Å². The van der Waals surface area contributed by atoms with Gasteiger partial charge in [-0.3, -0.25) is 24.2 Å². The van der Waals surface area contributed by atoms with Crippen LogP contribution in [-0.2, 0) is 9.59 Å². The second-order valence-electron chi connectivity index (χ2n) is 11.7. The quantitative estimate of drug-likeness (QED) is 0.405. The van der Waals surface area contributed by atoms with Crippen molar-refractivity contribution in [2.75, 3.05) is 39.3 Å². The molecular weight excluding hydrogens is 528 g/mol. The Morgan fingerprint density at radius 1 is 0.925 bits per heavy atom. The van der Waals surface area contributed by atoms with E-state index in [2.05, 4.69) is 9.80 Å². The van der Waals surface area contributed by atoms with Crippen molar-refractivity contribution in [2.24, 2.45) is 23.5 Å². The van der Waals surface area contributed by atoms with Gasteiger partial charge in [-0.1, -0.05) is 35.9 Å². The summed E-state index contributed by atoms with van der Waals surface area (Å²) in [5.74, 6) is 0.556. The van der Waals surface area contributed by atoms with Gasteiger partial charge in [0, 0.05) is 49.9 Å². The zero-order chi connectivity index (χ0) is 28.6. The molecule has 214 valence electrons. The Hall–Kier alpha value is -2.94. The van der Waals surface area contributed by atoms with Crippen molar-refractivity contribution in [3.63, 3.8) is 0 Å². The van der Waals surface area contributed by atoms with Crippen LogP contribution in [0.15, 0.2) is 36.4 Å². The molecule has 8 nitrogen and oxygen atoms in total. The van der Waals surface area contributed by atoms with Gasteiger partial charge in [0.2, 0.25) is 5.91 Å².